The van der Waals surface area contributed by atoms with E-state index in [0.29, 0.717) is 17.5 Å². The maximum Gasteiger partial charge on any atom is 0.164 e. The van der Waals surface area contributed by atoms with E-state index >= 15 is 0 Å². The van der Waals surface area contributed by atoms with Gasteiger partial charge in [-0.05, 0) is 74.1 Å². The van der Waals surface area contributed by atoms with Crippen molar-refractivity contribution in [2.75, 3.05) is 0 Å². The summed E-state index contributed by atoms with van der Waals surface area (Å²) in [7, 11) is 0. The first-order chi connectivity index (χ1) is 28.7. The lowest BCUT2D eigenvalue weighted by atomic mass is 9.91. The fraction of sp³-hybridized carbons (Fsp3) is 0. The zero-order chi connectivity index (χ0) is 38.2. The molecular weight excluding hydrogens is 711 g/mol. The molecule has 0 unspecified atom stereocenters. The first kappa shape index (κ1) is 32.4. The van der Waals surface area contributed by atoms with Crippen molar-refractivity contribution in [1.82, 2.24) is 15.0 Å². The van der Waals surface area contributed by atoms with Crippen LogP contribution in [-0.4, -0.2) is 15.0 Å². The van der Waals surface area contributed by atoms with Crippen LogP contribution in [0.4, 0.5) is 0 Å². The first-order valence-corrected chi connectivity index (χ1v) is 19.4. The average Bonchev–Trinajstić information content (AvgIpc) is 3.87. The van der Waals surface area contributed by atoms with Crippen LogP contribution >= 0.6 is 0 Å². The third-order valence-electron chi connectivity index (χ3n) is 11.3. The maximum absolute atomic E-state index is 6.69. The molecule has 9 aromatic carbocycles. The van der Waals surface area contributed by atoms with Crippen LogP contribution in [0.1, 0.15) is 0 Å². The molecule has 0 aliphatic carbocycles. The Morgan fingerprint density at radius 2 is 0.862 bits per heavy atom. The van der Waals surface area contributed by atoms with Crippen molar-refractivity contribution in [2.24, 2.45) is 0 Å². The molecule has 0 amide bonds. The van der Waals surface area contributed by atoms with Gasteiger partial charge in [0, 0.05) is 38.2 Å². The van der Waals surface area contributed by atoms with Crippen LogP contribution in [-0.2, 0) is 0 Å². The Morgan fingerprint density at radius 3 is 1.74 bits per heavy atom. The Balaban J connectivity index is 1.06. The summed E-state index contributed by atoms with van der Waals surface area (Å²) < 4.78 is 13.0. The van der Waals surface area contributed by atoms with E-state index in [9.17, 15) is 0 Å². The molecule has 0 aliphatic heterocycles. The summed E-state index contributed by atoms with van der Waals surface area (Å²) in [5.41, 5.74) is 10.4. The molecule has 0 spiro atoms. The lowest BCUT2D eigenvalue weighted by Crippen LogP contribution is -2.01. The third kappa shape index (κ3) is 5.07. The van der Waals surface area contributed by atoms with E-state index in [1.807, 2.05) is 66.7 Å². The third-order valence-corrected chi connectivity index (χ3v) is 11.3. The van der Waals surface area contributed by atoms with E-state index in [1.54, 1.807) is 0 Å². The van der Waals surface area contributed by atoms with Gasteiger partial charge in [0.2, 0.25) is 0 Å². The van der Waals surface area contributed by atoms with Crippen molar-refractivity contribution in [2.45, 2.75) is 0 Å². The van der Waals surface area contributed by atoms with Gasteiger partial charge in [-0.2, -0.15) is 0 Å². The van der Waals surface area contributed by atoms with Crippen LogP contribution < -0.4 is 0 Å². The first-order valence-electron chi connectivity index (χ1n) is 19.4. The van der Waals surface area contributed by atoms with Gasteiger partial charge in [0.05, 0.1) is 0 Å². The lowest BCUT2D eigenvalue weighted by molar-refractivity contribution is 0.668. The molecule has 0 bridgehead atoms. The van der Waals surface area contributed by atoms with E-state index < -0.39 is 0 Å². The van der Waals surface area contributed by atoms with Crippen molar-refractivity contribution in [3.05, 3.63) is 188 Å². The van der Waals surface area contributed by atoms with Gasteiger partial charge in [-0.15, -0.1) is 0 Å². The van der Waals surface area contributed by atoms with E-state index in [0.717, 1.165) is 82.6 Å². The van der Waals surface area contributed by atoms with E-state index in [1.165, 1.54) is 21.7 Å². The predicted molar refractivity (Wildman–Crippen MR) is 237 cm³/mol. The maximum atomic E-state index is 6.69. The minimum atomic E-state index is 0.584. The van der Waals surface area contributed by atoms with E-state index in [4.69, 9.17) is 23.8 Å². The zero-order valence-corrected chi connectivity index (χ0v) is 31.1. The quantitative estimate of drug-likeness (QED) is 0.176. The molecular formula is C53H31N3O2. The van der Waals surface area contributed by atoms with Gasteiger partial charge in [0.25, 0.3) is 0 Å². The number of para-hydroxylation sites is 1. The van der Waals surface area contributed by atoms with Crippen molar-refractivity contribution < 1.29 is 8.83 Å². The standard InChI is InChI=1S/C53H31N3O2/c1-2-15-33(16-3-1)51-54-52(56-53(55-51)42-25-13-27-47-50(42)41-23-10-11-26-45(41)57-47)40-22-9-6-19-36(40)34-28-29-46-44(30-34)49-39-21-8-7-20-38(39)43(31-48(49)58-46)37-24-12-17-32-14-4-5-18-35(32)37/h1-31H. The predicted octanol–water partition coefficient (Wildman–Crippen LogP) is 14.3. The Kier molecular flexibility index (Phi) is 7.16. The number of benzene rings is 9. The minimum absolute atomic E-state index is 0.584. The number of hydrogen-bond donors (Lipinski definition) is 0. The molecule has 0 fully saturated rings. The van der Waals surface area contributed by atoms with Gasteiger partial charge >= 0.3 is 0 Å². The summed E-state index contributed by atoms with van der Waals surface area (Å²) in [6.07, 6.45) is 0. The molecule has 270 valence electrons. The van der Waals surface area contributed by atoms with Gasteiger partial charge in [-0.25, -0.2) is 15.0 Å². The Bertz CT molecular complexity index is 3580. The van der Waals surface area contributed by atoms with Gasteiger partial charge in [0.15, 0.2) is 17.5 Å². The number of nitrogens with zero attached hydrogens (tertiary/aromatic N) is 3. The van der Waals surface area contributed by atoms with Crippen LogP contribution in [0.15, 0.2) is 197 Å². The number of rotatable bonds is 5. The topological polar surface area (TPSA) is 65.0 Å². The molecule has 58 heavy (non-hydrogen) atoms. The summed E-state index contributed by atoms with van der Waals surface area (Å²) in [6, 6.07) is 65.1. The normalized spacial score (nSPS) is 11.8. The molecule has 5 nitrogen and oxygen atoms in total. The average molecular weight is 742 g/mol. The molecule has 0 atom stereocenters. The molecule has 0 radical (unpaired) electrons. The van der Waals surface area contributed by atoms with Crippen LogP contribution in [0.2, 0.25) is 0 Å². The van der Waals surface area contributed by atoms with Gasteiger partial charge in [-0.1, -0.05) is 158 Å². The Labute approximate surface area is 332 Å². The van der Waals surface area contributed by atoms with Gasteiger partial charge in [-0.3, -0.25) is 0 Å². The van der Waals surface area contributed by atoms with Crippen molar-refractivity contribution in [1.29, 1.82) is 0 Å². The fourth-order valence-corrected chi connectivity index (χ4v) is 8.72. The fourth-order valence-electron chi connectivity index (χ4n) is 8.72. The molecule has 5 heteroatoms. The molecule has 0 saturated heterocycles. The van der Waals surface area contributed by atoms with Crippen LogP contribution in [0.25, 0.3) is 122 Å². The number of aromatic nitrogens is 3. The molecule has 0 saturated carbocycles. The Hall–Kier alpha value is -7.89. The summed E-state index contributed by atoms with van der Waals surface area (Å²) in [5, 5.41) is 8.94. The largest absolute Gasteiger partial charge is 0.456 e. The monoisotopic (exact) mass is 741 g/mol. The highest BCUT2D eigenvalue weighted by molar-refractivity contribution is 6.23. The van der Waals surface area contributed by atoms with Crippen molar-refractivity contribution in [3.8, 4) is 56.4 Å². The molecule has 0 N–H and O–H groups in total. The molecule has 3 aromatic heterocycles. The highest BCUT2D eigenvalue weighted by atomic mass is 16.3. The highest BCUT2D eigenvalue weighted by Gasteiger charge is 2.21. The van der Waals surface area contributed by atoms with E-state index in [-0.39, 0.29) is 0 Å². The van der Waals surface area contributed by atoms with Crippen molar-refractivity contribution >= 4 is 65.4 Å². The van der Waals surface area contributed by atoms with Crippen LogP contribution in [0.5, 0.6) is 0 Å². The second-order valence-electron chi connectivity index (χ2n) is 14.7. The summed E-state index contributed by atoms with van der Waals surface area (Å²) in [4.78, 5) is 15.5. The zero-order valence-electron chi connectivity index (χ0n) is 31.1. The second-order valence-corrected chi connectivity index (χ2v) is 14.7. The number of furan rings is 2. The smallest absolute Gasteiger partial charge is 0.164 e. The Morgan fingerprint density at radius 1 is 0.276 bits per heavy atom. The number of hydrogen-bond acceptors (Lipinski definition) is 5. The van der Waals surface area contributed by atoms with Crippen LogP contribution in [0, 0.1) is 0 Å². The summed E-state index contributed by atoms with van der Waals surface area (Å²) in [5.74, 6) is 1.78. The summed E-state index contributed by atoms with van der Waals surface area (Å²) >= 11 is 0. The number of fused-ring (bicyclic) bond motifs is 9. The van der Waals surface area contributed by atoms with Gasteiger partial charge < -0.3 is 8.83 Å². The van der Waals surface area contributed by atoms with Crippen molar-refractivity contribution in [3.63, 3.8) is 0 Å². The van der Waals surface area contributed by atoms with Gasteiger partial charge in [0.1, 0.15) is 22.3 Å². The second kappa shape index (κ2) is 12.8. The summed E-state index contributed by atoms with van der Waals surface area (Å²) in [6.45, 7) is 0. The molecule has 3 heterocycles. The minimum Gasteiger partial charge on any atom is -0.456 e. The molecule has 12 rings (SSSR count). The van der Waals surface area contributed by atoms with Crippen LogP contribution in [0.3, 0.4) is 0 Å². The lowest BCUT2D eigenvalue weighted by Gasteiger charge is -2.13. The SMILES string of the molecule is c1ccc(-c2nc(-c3ccccc3-c3ccc4oc5cc(-c6cccc7ccccc67)c6ccccc6c5c4c3)nc(-c3cccc4oc5ccccc5c34)n2)cc1. The molecule has 0 aliphatic rings. The molecule has 12 aromatic rings. The van der Waals surface area contributed by atoms with E-state index in [2.05, 4.69) is 121 Å². The highest BCUT2D eigenvalue weighted by Crippen LogP contribution is 2.44.